The second kappa shape index (κ2) is 4.94. The highest BCUT2D eigenvalue weighted by Crippen LogP contribution is 2.14. The summed E-state index contributed by atoms with van der Waals surface area (Å²) in [6, 6.07) is 0. The molecule has 7 heteroatoms. The number of halogens is 1. The zero-order valence-electron chi connectivity index (χ0n) is 10.9. The minimum absolute atomic E-state index is 0.152. The molecule has 0 aliphatic rings. The molecule has 0 N–H and O–H groups in total. The molecule has 0 amide bonds. The molecule has 0 atom stereocenters. The monoisotopic (exact) mass is 280 g/mol. The van der Waals surface area contributed by atoms with Gasteiger partial charge in [-0.05, 0) is 11.6 Å². The van der Waals surface area contributed by atoms with Crippen molar-refractivity contribution in [3.8, 4) is 11.8 Å². The van der Waals surface area contributed by atoms with Crippen LogP contribution in [0.3, 0.4) is 0 Å². The molecule has 0 saturated carbocycles. The summed E-state index contributed by atoms with van der Waals surface area (Å²) >= 11 is 6.02. The van der Waals surface area contributed by atoms with Crippen molar-refractivity contribution in [1.82, 2.24) is 18.7 Å². The standard InChI is InChI=1S/C12H13ClN4O2/c1-4-5-6-7-17-8-9(14-11(17)13)15(2)12(19)16(3)10(8)18/h4,7H2,1-3H3. The fraction of sp³-hybridized carbons (Fsp3) is 0.417. The van der Waals surface area contributed by atoms with E-state index in [1.807, 2.05) is 6.92 Å². The van der Waals surface area contributed by atoms with Crippen LogP contribution in [0.15, 0.2) is 9.59 Å². The van der Waals surface area contributed by atoms with Gasteiger partial charge < -0.3 is 0 Å². The van der Waals surface area contributed by atoms with Crippen LogP contribution < -0.4 is 11.2 Å². The molecule has 0 radical (unpaired) electrons. The third kappa shape index (κ3) is 2.06. The van der Waals surface area contributed by atoms with Gasteiger partial charge in [-0.3, -0.25) is 18.5 Å². The number of rotatable bonds is 1. The Labute approximate surface area is 114 Å². The number of aryl methyl sites for hydroxylation is 1. The maximum Gasteiger partial charge on any atom is 0.332 e. The SMILES string of the molecule is CCC#CCn1c(Cl)nc2c1c(=O)n(C)c(=O)n2C. The third-order valence-electron chi connectivity index (χ3n) is 2.84. The van der Waals surface area contributed by atoms with Crippen LogP contribution >= 0.6 is 11.6 Å². The van der Waals surface area contributed by atoms with Crippen molar-refractivity contribution in [1.29, 1.82) is 0 Å². The zero-order chi connectivity index (χ0) is 14.2. The molecular weight excluding hydrogens is 268 g/mol. The van der Waals surface area contributed by atoms with Crippen LogP contribution in [0.2, 0.25) is 5.28 Å². The summed E-state index contributed by atoms with van der Waals surface area (Å²) in [4.78, 5) is 28.0. The Bertz CT molecular complexity index is 817. The number of imidazole rings is 1. The number of hydrogen-bond donors (Lipinski definition) is 0. The minimum Gasteiger partial charge on any atom is -0.297 e. The molecule has 19 heavy (non-hydrogen) atoms. The van der Waals surface area contributed by atoms with E-state index in [4.69, 9.17) is 11.6 Å². The van der Waals surface area contributed by atoms with Gasteiger partial charge in [0.1, 0.15) is 0 Å². The van der Waals surface area contributed by atoms with Crippen LogP contribution in [0, 0.1) is 11.8 Å². The predicted octanol–water partition coefficient (Wildman–Crippen LogP) is 0.500. The summed E-state index contributed by atoms with van der Waals surface area (Å²) in [7, 11) is 2.97. The molecule has 0 unspecified atom stereocenters. The van der Waals surface area contributed by atoms with Crippen molar-refractivity contribution in [2.24, 2.45) is 14.1 Å². The fourth-order valence-electron chi connectivity index (χ4n) is 1.82. The predicted molar refractivity (Wildman–Crippen MR) is 73.3 cm³/mol. The van der Waals surface area contributed by atoms with Gasteiger partial charge in [0.05, 0.1) is 6.54 Å². The van der Waals surface area contributed by atoms with Crippen LogP contribution in [0.1, 0.15) is 13.3 Å². The summed E-state index contributed by atoms with van der Waals surface area (Å²) in [6.45, 7) is 2.21. The molecule has 6 nitrogen and oxygen atoms in total. The first-order valence-electron chi connectivity index (χ1n) is 5.76. The van der Waals surface area contributed by atoms with Gasteiger partial charge in [-0.1, -0.05) is 12.8 Å². The molecule has 2 aromatic rings. The van der Waals surface area contributed by atoms with E-state index >= 15 is 0 Å². The van der Waals surface area contributed by atoms with E-state index in [1.54, 1.807) is 7.05 Å². The number of aromatic nitrogens is 4. The first-order chi connectivity index (χ1) is 8.99. The number of hydrogen-bond acceptors (Lipinski definition) is 3. The quantitative estimate of drug-likeness (QED) is 0.564. The van der Waals surface area contributed by atoms with Crippen LogP contribution in [-0.4, -0.2) is 18.7 Å². The van der Waals surface area contributed by atoms with Crippen LogP contribution in [-0.2, 0) is 20.6 Å². The lowest BCUT2D eigenvalue weighted by Crippen LogP contribution is -2.37. The van der Waals surface area contributed by atoms with Crippen molar-refractivity contribution < 1.29 is 0 Å². The van der Waals surface area contributed by atoms with Gasteiger partial charge in [0, 0.05) is 20.5 Å². The molecule has 0 aliphatic heterocycles. The van der Waals surface area contributed by atoms with Crippen LogP contribution in [0.4, 0.5) is 0 Å². The second-order valence-corrected chi connectivity index (χ2v) is 4.39. The van der Waals surface area contributed by atoms with Crippen molar-refractivity contribution in [3.63, 3.8) is 0 Å². The van der Waals surface area contributed by atoms with Gasteiger partial charge in [0.2, 0.25) is 5.28 Å². The molecule has 2 aromatic heterocycles. The average Bonchev–Trinajstić information content (AvgIpc) is 2.72. The third-order valence-corrected chi connectivity index (χ3v) is 3.13. The molecule has 2 heterocycles. The van der Waals surface area contributed by atoms with E-state index in [0.29, 0.717) is 5.52 Å². The molecule has 0 fully saturated rings. The van der Waals surface area contributed by atoms with E-state index in [2.05, 4.69) is 16.8 Å². The highest BCUT2D eigenvalue weighted by atomic mass is 35.5. The summed E-state index contributed by atoms with van der Waals surface area (Å²) in [5.41, 5.74) is -0.286. The van der Waals surface area contributed by atoms with Crippen LogP contribution in [0.5, 0.6) is 0 Å². The Morgan fingerprint density at radius 1 is 1.21 bits per heavy atom. The highest BCUT2D eigenvalue weighted by Gasteiger charge is 2.17. The zero-order valence-corrected chi connectivity index (χ0v) is 11.7. The van der Waals surface area contributed by atoms with Crippen molar-refractivity contribution >= 4 is 22.8 Å². The first kappa shape index (κ1) is 13.4. The largest absolute Gasteiger partial charge is 0.332 e. The molecule has 0 saturated heterocycles. The molecular formula is C12H13ClN4O2. The van der Waals surface area contributed by atoms with E-state index in [1.165, 1.54) is 16.2 Å². The van der Waals surface area contributed by atoms with Gasteiger partial charge in [0.25, 0.3) is 5.56 Å². The van der Waals surface area contributed by atoms with Gasteiger partial charge in [-0.15, -0.1) is 5.92 Å². The topological polar surface area (TPSA) is 61.8 Å². The summed E-state index contributed by atoms with van der Waals surface area (Å²) in [6.07, 6.45) is 0.723. The Kier molecular flexibility index (Phi) is 3.49. The van der Waals surface area contributed by atoms with E-state index in [0.717, 1.165) is 11.0 Å². The molecule has 0 aromatic carbocycles. The van der Waals surface area contributed by atoms with Gasteiger partial charge >= 0.3 is 5.69 Å². The fourth-order valence-corrected chi connectivity index (χ4v) is 2.05. The molecule has 2 rings (SSSR count). The Morgan fingerprint density at radius 2 is 1.89 bits per heavy atom. The van der Waals surface area contributed by atoms with E-state index in [9.17, 15) is 9.59 Å². The molecule has 0 spiro atoms. The summed E-state index contributed by atoms with van der Waals surface area (Å²) in [5.74, 6) is 5.81. The molecule has 0 aliphatic carbocycles. The van der Waals surface area contributed by atoms with E-state index < -0.39 is 11.2 Å². The highest BCUT2D eigenvalue weighted by molar-refractivity contribution is 6.29. The lowest BCUT2D eigenvalue weighted by Gasteiger charge is -2.04. The van der Waals surface area contributed by atoms with Gasteiger partial charge in [0.15, 0.2) is 11.2 Å². The maximum atomic E-state index is 12.2. The number of fused-ring (bicyclic) bond motifs is 1. The van der Waals surface area contributed by atoms with E-state index in [-0.39, 0.29) is 17.5 Å². The van der Waals surface area contributed by atoms with Crippen molar-refractivity contribution in [3.05, 3.63) is 26.1 Å². The Balaban J connectivity index is 2.83. The lowest BCUT2D eigenvalue weighted by atomic mass is 10.4. The van der Waals surface area contributed by atoms with Crippen molar-refractivity contribution in [2.75, 3.05) is 0 Å². The Hall–Kier alpha value is -2.00. The molecule has 100 valence electrons. The summed E-state index contributed by atoms with van der Waals surface area (Å²) < 4.78 is 3.85. The van der Waals surface area contributed by atoms with Crippen LogP contribution in [0.25, 0.3) is 11.2 Å². The molecule has 0 bridgehead atoms. The van der Waals surface area contributed by atoms with Crippen molar-refractivity contribution in [2.45, 2.75) is 19.9 Å². The maximum absolute atomic E-state index is 12.2. The summed E-state index contributed by atoms with van der Waals surface area (Å²) in [5, 5.41) is 0.152. The second-order valence-electron chi connectivity index (χ2n) is 4.05. The average molecular weight is 281 g/mol. The lowest BCUT2D eigenvalue weighted by molar-refractivity contribution is 0.704. The normalized spacial score (nSPS) is 10.5. The minimum atomic E-state index is -0.432. The van der Waals surface area contributed by atoms with Gasteiger partial charge in [-0.2, -0.15) is 4.98 Å². The Morgan fingerprint density at radius 3 is 2.53 bits per heavy atom. The smallest absolute Gasteiger partial charge is 0.297 e. The number of nitrogens with zero attached hydrogens (tertiary/aromatic N) is 4. The first-order valence-corrected chi connectivity index (χ1v) is 6.14. The van der Waals surface area contributed by atoms with Gasteiger partial charge in [-0.25, -0.2) is 4.79 Å².